The van der Waals surface area contributed by atoms with Gasteiger partial charge in [0.2, 0.25) is 0 Å². The van der Waals surface area contributed by atoms with Crippen LogP contribution in [-0.4, -0.2) is 15.9 Å². The number of thiazole rings is 1. The number of fused-ring (bicyclic) bond motifs is 1. The van der Waals surface area contributed by atoms with Crippen LogP contribution >= 0.6 is 11.3 Å². The maximum atomic E-state index is 11.1. The van der Waals surface area contributed by atoms with Crippen molar-refractivity contribution in [2.24, 2.45) is 0 Å². The molecule has 0 amide bonds. The van der Waals surface area contributed by atoms with E-state index in [-0.39, 0.29) is 12.1 Å². The van der Waals surface area contributed by atoms with Gasteiger partial charge in [0.25, 0.3) is 5.69 Å². The molecule has 0 bridgehead atoms. The van der Waals surface area contributed by atoms with Gasteiger partial charge in [-0.2, -0.15) is 0 Å². The second kappa shape index (κ2) is 6.59. The lowest BCUT2D eigenvalue weighted by molar-refractivity contribution is -0.384. The summed E-state index contributed by atoms with van der Waals surface area (Å²) >= 11 is 1.37. The standard InChI is InChI=1S/C17H12N2O4S/c20-16(21)10-12(8-11-4-3-5-13(9-11)19(22)23)17-18-14-6-1-2-7-15(14)24-17/h1-9H,10H2,(H,20,21)/p-1/b12-8+. The highest BCUT2D eigenvalue weighted by Gasteiger charge is 2.11. The van der Waals surface area contributed by atoms with Crippen molar-refractivity contribution in [1.29, 1.82) is 0 Å². The first kappa shape index (κ1) is 15.8. The lowest BCUT2D eigenvalue weighted by Crippen LogP contribution is -2.22. The molecule has 120 valence electrons. The summed E-state index contributed by atoms with van der Waals surface area (Å²) in [5, 5.41) is 22.5. The van der Waals surface area contributed by atoms with Gasteiger partial charge in [-0.15, -0.1) is 11.3 Å². The molecule has 1 aromatic heterocycles. The lowest BCUT2D eigenvalue weighted by atomic mass is 10.1. The normalized spacial score (nSPS) is 11.6. The molecule has 0 unspecified atom stereocenters. The highest BCUT2D eigenvalue weighted by Crippen LogP contribution is 2.30. The largest absolute Gasteiger partial charge is 0.550 e. The molecule has 0 aliphatic carbocycles. The van der Waals surface area contributed by atoms with E-state index < -0.39 is 10.9 Å². The molecule has 0 saturated heterocycles. The van der Waals surface area contributed by atoms with E-state index in [0.717, 1.165) is 10.2 Å². The number of nitro groups is 1. The third-order valence-corrected chi connectivity index (χ3v) is 4.44. The average molecular weight is 339 g/mol. The van der Waals surface area contributed by atoms with Crippen LogP contribution in [0.4, 0.5) is 5.69 Å². The number of nitro benzene ring substituents is 1. The summed E-state index contributed by atoms with van der Waals surface area (Å²) in [6.45, 7) is 0. The van der Waals surface area contributed by atoms with Gasteiger partial charge in [-0.05, 0) is 29.3 Å². The smallest absolute Gasteiger partial charge is 0.270 e. The maximum absolute atomic E-state index is 11.1. The van der Waals surface area contributed by atoms with Crippen molar-refractivity contribution < 1.29 is 14.8 Å². The Morgan fingerprint density at radius 1 is 1.21 bits per heavy atom. The number of carbonyl (C=O) groups excluding carboxylic acids is 1. The molecular weight excluding hydrogens is 328 g/mol. The van der Waals surface area contributed by atoms with Crippen LogP contribution in [0.15, 0.2) is 48.5 Å². The van der Waals surface area contributed by atoms with Gasteiger partial charge in [-0.3, -0.25) is 10.1 Å². The summed E-state index contributed by atoms with van der Waals surface area (Å²) in [5.41, 5.74) is 1.72. The van der Waals surface area contributed by atoms with Crippen molar-refractivity contribution in [3.63, 3.8) is 0 Å². The van der Waals surface area contributed by atoms with E-state index in [1.807, 2.05) is 24.3 Å². The van der Waals surface area contributed by atoms with Crippen LogP contribution in [0.25, 0.3) is 21.9 Å². The summed E-state index contributed by atoms with van der Waals surface area (Å²) in [6, 6.07) is 13.5. The van der Waals surface area contributed by atoms with Crippen molar-refractivity contribution in [2.75, 3.05) is 0 Å². The van der Waals surface area contributed by atoms with Crippen molar-refractivity contribution in [3.8, 4) is 0 Å². The predicted molar refractivity (Wildman–Crippen MR) is 90.2 cm³/mol. The number of aromatic nitrogens is 1. The minimum absolute atomic E-state index is 0.0548. The van der Waals surface area contributed by atoms with Crippen molar-refractivity contribution in [2.45, 2.75) is 6.42 Å². The van der Waals surface area contributed by atoms with Crippen LogP contribution < -0.4 is 5.11 Å². The van der Waals surface area contributed by atoms with Gasteiger partial charge in [-0.1, -0.05) is 24.3 Å². The van der Waals surface area contributed by atoms with Gasteiger partial charge >= 0.3 is 0 Å². The molecular formula is C17H11N2O4S-. The Hall–Kier alpha value is -3.06. The first-order valence-corrected chi connectivity index (χ1v) is 7.85. The average Bonchev–Trinajstić information content (AvgIpc) is 2.98. The van der Waals surface area contributed by atoms with Crippen LogP contribution in [0, 0.1) is 10.1 Å². The number of hydrogen-bond donors (Lipinski definition) is 0. The fourth-order valence-electron chi connectivity index (χ4n) is 2.28. The minimum Gasteiger partial charge on any atom is -0.550 e. The molecule has 24 heavy (non-hydrogen) atoms. The molecule has 0 N–H and O–H groups in total. The van der Waals surface area contributed by atoms with Crippen molar-refractivity contribution in [1.82, 2.24) is 4.98 Å². The van der Waals surface area contributed by atoms with Crippen LogP contribution in [0.3, 0.4) is 0 Å². The van der Waals surface area contributed by atoms with E-state index in [2.05, 4.69) is 4.98 Å². The highest BCUT2D eigenvalue weighted by atomic mass is 32.1. The van der Waals surface area contributed by atoms with Gasteiger partial charge in [0.15, 0.2) is 0 Å². The Balaban J connectivity index is 2.07. The van der Waals surface area contributed by atoms with Gasteiger partial charge in [0, 0.05) is 24.5 Å². The summed E-state index contributed by atoms with van der Waals surface area (Å²) in [6.07, 6.45) is 1.28. The molecule has 0 radical (unpaired) electrons. The molecule has 7 heteroatoms. The predicted octanol–water partition coefficient (Wildman–Crippen LogP) is 2.89. The molecule has 2 aromatic carbocycles. The number of carboxylic acid groups (broad SMARTS) is 1. The number of rotatable bonds is 5. The van der Waals surface area contributed by atoms with Gasteiger partial charge < -0.3 is 9.90 Å². The lowest BCUT2D eigenvalue weighted by Gasteiger charge is -2.05. The third-order valence-electron chi connectivity index (χ3n) is 3.33. The number of aliphatic carboxylic acids is 1. The van der Waals surface area contributed by atoms with Crippen LogP contribution in [0.5, 0.6) is 0 Å². The Morgan fingerprint density at radius 3 is 2.71 bits per heavy atom. The topological polar surface area (TPSA) is 96.2 Å². The molecule has 0 aliphatic rings. The quantitative estimate of drug-likeness (QED) is 0.526. The monoisotopic (exact) mass is 339 g/mol. The fraction of sp³-hybridized carbons (Fsp3) is 0.0588. The number of carbonyl (C=O) groups is 1. The van der Waals surface area contributed by atoms with E-state index in [4.69, 9.17) is 0 Å². The van der Waals surface area contributed by atoms with Gasteiger partial charge in [0.1, 0.15) is 5.01 Å². The summed E-state index contributed by atoms with van der Waals surface area (Å²) in [7, 11) is 0. The molecule has 6 nitrogen and oxygen atoms in total. The minimum atomic E-state index is -1.23. The van der Waals surface area contributed by atoms with Crippen LogP contribution in [0.1, 0.15) is 17.0 Å². The van der Waals surface area contributed by atoms with Gasteiger partial charge in [0.05, 0.1) is 15.1 Å². The Labute approximate surface area is 140 Å². The molecule has 1 heterocycles. The summed E-state index contributed by atoms with van der Waals surface area (Å²) in [4.78, 5) is 25.9. The maximum Gasteiger partial charge on any atom is 0.270 e. The van der Waals surface area contributed by atoms with Crippen LogP contribution in [-0.2, 0) is 4.79 Å². The number of hydrogen-bond acceptors (Lipinski definition) is 6. The summed E-state index contributed by atoms with van der Waals surface area (Å²) < 4.78 is 0.941. The number of para-hydroxylation sites is 1. The van der Waals surface area contributed by atoms with E-state index >= 15 is 0 Å². The number of nitrogens with zero attached hydrogens (tertiary/aromatic N) is 2. The molecule has 3 rings (SSSR count). The molecule has 3 aromatic rings. The van der Waals surface area contributed by atoms with Crippen LogP contribution in [0.2, 0.25) is 0 Å². The zero-order chi connectivity index (χ0) is 17.1. The molecule has 0 spiro atoms. The Morgan fingerprint density at radius 2 is 2.00 bits per heavy atom. The first-order valence-electron chi connectivity index (χ1n) is 7.04. The summed E-state index contributed by atoms with van der Waals surface area (Å²) in [5.74, 6) is -1.23. The molecule has 0 fully saturated rings. The van der Waals surface area contributed by atoms with E-state index in [0.29, 0.717) is 16.1 Å². The molecule has 0 atom stereocenters. The van der Waals surface area contributed by atoms with E-state index in [9.17, 15) is 20.0 Å². The zero-order valence-electron chi connectivity index (χ0n) is 12.3. The second-order valence-electron chi connectivity index (χ2n) is 5.06. The number of benzene rings is 2. The van der Waals surface area contributed by atoms with E-state index in [1.165, 1.54) is 23.5 Å². The van der Waals surface area contributed by atoms with Gasteiger partial charge in [-0.25, -0.2) is 4.98 Å². The second-order valence-corrected chi connectivity index (χ2v) is 6.09. The fourth-order valence-corrected chi connectivity index (χ4v) is 3.26. The molecule has 0 aliphatic heterocycles. The number of carboxylic acids is 1. The molecule has 0 saturated carbocycles. The van der Waals surface area contributed by atoms with Crippen molar-refractivity contribution >= 4 is 44.9 Å². The first-order chi connectivity index (χ1) is 11.5. The van der Waals surface area contributed by atoms with Crippen molar-refractivity contribution in [3.05, 3.63) is 69.2 Å². The third kappa shape index (κ3) is 3.47. The Bertz CT molecular complexity index is 929. The SMILES string of the molecule is O=C([O-])C/C(=C\c1cccc([N+](=O)[O-])c1)c1nc2ccccc2s1. The highest BCUT2D eigenvalue weighted by molar-refractivity contribution is 7.19. The van der Waals surface area contributed by atoms with E-state index in [1.54, 1.807) is 18.2 Å². The zero-order valence-corrected chi connectivity index (χ0v) is 13.2. The number of non-ortho nitro benzene ring substituents is 1. The Kier molecular flexibility index (Phi) is 4.35.